The normalized spacial score (nSPS) is 54.1. The van der Waals surface area contributed by atoms with Crippen molar-refractivity contribution in [1.82, 2.24) is 0 Å². The predicted octanol–water partition coefficient (Wildman–Crippen LogP) is -5.54. The molecule has 9 fully saturated rings. The molecule has 1 unspecified atom stereocenters. The fourth-order valence-electron chi connectivity index (χ4n) is 17.6. The van der Waals surface area contributed by atoms with Crippen LogP contribution in [0.4, 0.5) is 0 Å². The SMILES string of the molecule is CC1(C)CC[C@]2(C(=O)O[C@@H]3O[C@H](CO[C@@H]4O[C@H](CO)[C@@H](O)[C@H](O)[C@H]4O[C@@H]4O[C@H](CO)[C@@H](O)[C@H](O)[C@H]4O)[C@@H](O)[C@H](O[C@@H]4O[C@H](CO)[C@@H](O)[C@H](O)[C@H]4O)[C@H]3O)[C@H](O)C[C@]3(C)C(=CC[C@@H]4[C@@]5(C)CC[C@H](O[C@@H]6OC[C@@H](O)[C@H](O)[C@H]6O)[C@@](C)(C(=O)O)C5CC[C@]43C)[C@@H]2C1. The van der Waals surface area contributed by atoms with Crippen LogP contribution in [-0.4, -0.2) is 297 Å². The highest BCUT2D eigenvalue weighted by atomic mass is 16.8. The van der Waals surface area contributed by atoms with Crippen LogP contribution in [0.5, 0.6) is 0 Å². The second-order valence-electron chi connectivity index (χ2n) is 28.5. The number of aliphatic carboxylic acids is 1. The van der Waals surface area contributed by atoms with Crippen LogP contribution in [0.2, 0.25) is 0 Å². The maximum atomic E-state index is 15.7. The molecular weight excluding hydrogens is 1190 g/mol. The monoisotopic (exact) mass is 1280 g/mol. The molecule has 0 aromatic rings. The third-order valence-electron chi connectivity index (χ3n) is 23.3. The largest absolute Gasteiger partial charge is 0.481 e. The summed E-state index contributed by atoms with van der Waals surface area (Å²) in [4.78, 5) is 29.4. The summed E-state index contributed by atoms with van der Waals surface area (Å²) in [5, 5.41) is 196. The van der Waals surface area contributed by atoms with Gasteiger partial charge in [-0.05, 0) is 104 Å². The summed E-state index contributed by atoms with van der Waals surface area (Å²) in [6.45, 7) is 8.18. The summed E-state index contributed by atoms with van der Waals surface area (Å²) >= 11 is 0. The van der Waals surface area contributed by atoms with Gasteiger partial charge in [0.25, 0.3) is 0 Å². The summed E-state index contributed by atoms with van der Waals surface area (Å²) in [6, 6.07) is 0. The molecule has 0 amide bonds. The van der Waals surface area contributed by atoms with Crippen molar-refractivity contribution in [2.45, 2.75) is 259 Å². The van der Waals surface area contributed by atoms with E-state index in [0.717, 1.165) is 5.57 Å². The van der Waals surface area contributed by atoms with E-state index in [-0.39, 0.29) is 31.8 Å². The predicted molar refractivity (Wildman–Crippen MR) is 293 cm³/mol. The van der Waals surface area contributed by atoms with E-state index in [2.05, 4.69) is 26.8 Å². The molecule has 10 aliphatic rings. The van der Waals surface area contributed by atoms with E-state index in [0.29, 0.717) is 38.5 Å². The number of hydrogen-bond donors (Lipinski definition) is 18. The number of carbonyl (C=O) groups excluding carboxylic acids is 1. The van der Waals surface area contributed by atoms with Gasteiger partial charge in [0.2, 0.25) is 6.29 Å². The number of rotatable bonds is 15. The summed E-state index contributed by atoms with van der Waals surface area (Å²) in [5.74, 6) is -3.48. The van der Waals surface area contributed by atoms with Crippen LogP contribution in [-0.2, 0) is 57.0 Å². The molecular formula is C59H94O30. The number of carboxylic acid groups (broad SMARTS) is 1. The van der Waals surface area contributed by atoms with Crippen molar-refractivity contribution >= 4 is 11.9 Å². The number of carbonyl (C=O) groups is 2. The molecule has 4 saturated carbocycles. The van der Waals surface area contributed by atoms with Gasteiger partial charge in [0.1, 0.15) is 121 Å². The quantitative estimate of drug-likeness (QED) is 0.0413. The minimum Gasteiger partial charge on any atom is -0.481 e. The van der Waals surface area contributed by atoms with Crippen molar-refractivity contribution in [3.63, 3.8) is 0 Å². The third kappa shape index (κ3) is 11.5. The molecule has 30 heteroatoms. The van der Waals surface area contributed by atoms with E-state index >= 15 is 4.79 Å². The van der Waals surface area contributed by atoms with E-state index in [1.165, 1.54) is 0 Å². The summed E-state index contributed by atoms with van der Waals surface area (Å²) in [6.07, 6.45) is -41.6. The first kappa shape index (κ1) is 69.5. The Morgan fingerprint density at radius 2 is 1.09 bits per heavy atom. The molecule has 34 atom stereocenters. The van der Waals surface area contributed by atoms with Crippen LogP contribution < -0.4 is 0 Å². The molecule has 0 aromatic carbocycles. The topological polar surface area (TPSA) is 491 Å². The van der Waals surface area contributed by atoms with Crippen molar-refractivity contribution in [2.24, 2.45) is 50.2 Å². The number of carboxylic acids is 1. The highest BCUT2D eigenvalue weighted by molar-refractivity contribution is 5.80. The summed E-state index contributed by atoms with van der Waals surface area (Å²) < 4.78 is 59.0. The van der Waals surface area contributed by atoms with Gasteiger partial charge in [-0.15, -0.1) is 0 Å². The second kappa shape index (κ2) is 25.7. The molecule has 510 valence electrons. The molecule has 5 aliphatic heterocycles. The highest BCUT2D eigenvalue weighted by Crippen LogP contribution is 2.76. The average Bonchev–Trinajstić information content (AvgIpc) is 0.700. The van der Waals surface area contributed by atoms with Crippen LogP contribution in [0.15, 0.2) is 11.6 Å². The third-order valence-corrected chi connectivity index (χ3v) is 23.3. The maximum absolute atomic E-state index is 15.7. The van der Waals surface area contributed by atoms with Crippen LogP contribution in [0, 0.1) is 50.2 Å². The van der Waals surface area contributed by atoms with Crippen molar-refractivity contribution in [2.75, 3.05) is 33.0 Å². The summed E-state index contributed by atoms with van der Waals surface area (Å²) in [7, 11) is 0. The van der Waals surface area contributed by atoms with Gasteiger partial charge in [0.15, 0.2) is 25.2 Å². The Balaban J connectivity index is 0.944. The lowest BCUT2D eigenvalue weighted by Gasteiger charge is -2.71. The van der Waals surface area contributed by atoms with Gasteiger partial charge in [0.05, 0.1) is 50.7 Å². The van der Waals surface area contributed by atoms with E-state index in [9.17, 15) is 96.7 Å². The lowest BCUT2D eigenvalue weighted by molar-refractivity contribution is -0.378. The lowest BCUT2D eigenvalue weighted by Crippen LogP contribution is -2.69. The van der Waals surface area contributed by atoms with E-state index in [4.69, 9.17) is 47.4 Å². The zero-order valence-corrected chi connectivity index (χ0v) is 50.7. The van der Waals surface area contributed by atoms with Gasteiger partial charge in [-0.2, -0.15) is 0 Å². The van der Waals surface area contributed by atoms with Crippen molar-refractivity contribution in [1.29, 1.82) is 0 Å². The van der Waals surface area contributed by atoms with Gasteiger partial charge >= 0.3 is 11.9 Å². The number of fused-ring (bicyclic) bond motifs is 7. The lowest BCUT2D eigenvalue weighted by atomic mass is 9.33. The number of aliphatic hydroxyl groups excluding tert-OH is 17. The van der Waals surface area contributed by atoms with Gasteiger partial charge in [-0.3, -0.25) is 9.59 Å². The molecule has 30 nitrogen and oxygen atoms in total. The number of ether oxygens (including phenoxy) is 10. The van der Waals surface area contributed by atoms with E-state index in [1.807, 2.05) is 13.8 Å². The van der Waals surface area contributed by atoms with Gasteiger partial charge in [-0.1, -0.05) is 46.3 Å². The van der Waals surface area contributed by atoms with E-state index < -0.39 is 242 Å². The first-order valence-corrected chi connectivity index (χ1v) is 31.0. The smallest absolute Gasteiger partial charge is 0.317 e. The molecule has 18 N–H and O–H groups in total. The molecule has 10 rings (SSSR count). The van der Waals surface area contributed by atoms with Gasteiger partial charge in [-0.25, -0.2) is 0 Å². The number of hydrogen-bond acceptors (Lipinski definition) is 29. The molecule has 0 spiro atoms. The minimum atomic E-state index is -2.20. The second-order valence-corrected chi connectivity index (χ2v) is 28.5. The fraction of sp³-hybridized carbons (Fsp3) is 0.932. The van der Waals surface area contributed by atoms with Crippen LogP contribution in [0.3, 0.4) is 0 Å². The standard InChI is InChI=1S/C59H94O30/c1-54(2)13-14-59(23(15-54)22-7-8-29-55(3)11-10-32(86-47-41(73)33(65)24(63)20-80-47)58(6,52(77)78)30(55)9-12-56(29,4)57(22,5)16-31(59)64)53(79)89-50-44(76)45(87-48-42(74)38(70)34(66)25(17-60)82-48)37(69)28(85-50)21-81-51-46(40(72)36(68)27(19-62)84-51)88-49-43(75)39(71)35(67)26(18-61)83-49/h7,23-51,60-76H,8-21H2,1-6H3,(H,77,78)/t23-,24+,25+,26+,27+,28+,29+,30?,31+,32-,33-,34+,35+,36+,37+,38-,39-,40-,41+,42+,43+,44+,45-,46+,47-,48-,49-,50-,51+,55+,56+,57+,58-,59+/m0/s1. The fourth-order valence-corrected chi connectivity index (χ4v) is 17.6. The molecule has 0 bridgehead atoms. The Hall–Kier alpha value is -2.36. The minimum absolute atomic E-state index is 0.0286. The molecule has 0 aromatic heterocycles. The Morgan fingerprint density at radius 3 is 1.67 bits per heavy atom. The van der Waals surface area contributed by atoms with Crippen LogP contribution in [0.1, 0.15) is 99.3 Å². The number of allylic oxidation sites excluding steroid dienone is 2. The number of aliphatic hydroxyl groups is 17. The van der Waals surface area contributed by atoms with E-state index in [1.54, 1.807) is 6.92 Å². The zero-order chi connectivity index (χ0) is 65.2. The van der Waals surface area contributed by atoms with Crippen molar-refractivity contribution < 1.29 is 149 Å². The highest BCUT2D eigenvalue weighted by Gasteiger charge is 2.73. The molecule has 0 radical (unpaired) electrons. The average molecular weight is 1280 g/mol. The number of esters is 1. The van der Waals surface area contributed by atoms with Crippen LogP contribution in [0.25, 0.3) is 0 Å². The first-order chi connectivity index (χ1) is 41.7. The van der Waals surface area contributed by atoms with Crippen molar-refractivity contribution in [3.05, 3.63) is 11.6 Å². The Bertz CT molecular complexity index is 2530. The summed E-state index contributed by atoms with van der Waals surface area (Å²) in [5.41, 5.74) is -4.85. The Kier molecular flexibility index (Phi) is 20.0. The van der Waals surface area contributed by atoms with Crippen molar-refractivity contribution in [3.8, 4) is 0 Å². The Labute approximate surface area is 513 Å². The zero-order valence-electron chi connectivity index (χ0n) is 50.7. The molecule has 5 saturated heterocycles. The maximum Gasteiger partial charge on any atom is 0.317 e. The van der Waals surface area contributed by atoms with Gasteiger partial charge < -0.3 is 139 Å². The molecule has 89 heavy (non-hydrogen) atoms. The molecule has 5 aliphatic carbocycles. The van der Waals surface area contributed by atoms with Gasteiger partial charge in [0, 0.05) is 0 Å². The van der Waals surface area contributed by atoms with Crippen LogP contribution >= 0.6 is 0 Å². The first-order valence-electron chi connectivity index (χ1n) is 31.0. The molecule has 5 heterocycles. The Morgan fingerprint density at radius 1 is 0.539 bits per heavy atom.